The summed E-state index contributed by atoms with van der Waals surface area (Å²) in [6, 6.07) is 12.5. The lowest BCUT2D eigenvalue weighted by atomic mass is 9.94. The summed E-state index contributed by atoms with van der Waals surface area (Å²) in [7, 11) is 0. The number of pyridine rings is 1. The van der Waals surface area contributed by atoms with Gasteiger partial charge in [-0.15, -0.1) is 11.8 Å². The predicted molar refractivity (Wildman–Crippen MR) is 105 cm³/mol. The molecule has 5 rings (SSSR count). The number of piperidine rings is 1. The van der Waals surface area contributed by atoms with Crippen LogP contribution < -0.4 is 0 Å². The fraction of sp³-hybridized carbons (Fsp3) is 0.429. The molecule has 0 N–H and O–H groups in total. The topological polar surface area (TPSA) is 36.4 Å². The fourth-order valence-corrected chi connectivity index (χ4v) is 4.61. The average Bonchev–Trinajstić information content (AvgIpc) is 2.99. The molecule has 3 aliphatic rings. The van der Waals surface area contributed by atoms with E-state index in [4.69, 9.17) is 0 Å². The Labute approximate surface area is 159 Å². The zero-order chi connectivity index (χ0) is 17.9. The molecule has 2 aromatic rings. The fourth-order valence-electron chi connectivity index (χ4n) is 4.21. The van der Waals surface area contributed by atoms with Gasteiger partial charge >= 0.3 is 0 Å². The molecule has 2 atom stereocenters. The molecule has 4 heterocycles. The van der Waals surface area contributed by atoms with Crippen molar-refractivity contribution in [2.24, 2.45) is 5.92 Å². The second kappa shape index (κ2) is 7.80. The minimum Gasteiger partial charge on any atom is -0.334 e. The largest absolute Gasteiger partial charge is 0.334 e. The van der Waals surface area contributed by atoms with E-state index >= 15 is 0 Å². The van der Waals surface area contributed by atoms with E-state index in [1.54, 1.807) is 11.8 Å². The quantitative estimate of drug-likeness (QED) is 0.775. The lowest BCUT2D eigenvalue weighted by Crippen LogP contribution is -2.47. The van der Waals surface area contributed by atoms with Gasteiger partial charge < -0.3 is 4.90 Å². The molecule has 3 fully saturated rings. The second-order valence-corrected chi connectivity index (χ2v) is 8.22. The molecule has 0 saturated carbocycles. The first-order chi connectivity index (χ1) is 12.7. The molecule has 4 nitrogen and oxygen atoms in total. The van der Waals surface area contributed by atoms with Gasteiger partial charge in [0.05, 0.1) is 0 Å². The zero-order valence-electron chi connectivity index (χ0n) is 15.2. The SMILES string of the molecule is CSc1ccc(C(=O)N2C[C@@H]3CC[C@H]2CN(Cc2cccnc2)C3)cc1. The number of aromatic nitrogens is 1. The molecule has 1 aromatic carbocycles. The van der Waals surface area contributed by atoms with Crippen molar-refractivity contribution in [3.05, 3.63) is 59.9 Å². The third kappa shape index (κ3) is 3.79. The maximum absolute atomic E-state index is 13.1. The van der Waals surface area contributed by atoms with Crippen molar-refractivity contribution in [3.8, 4) is 0 Å². The van der Waals surface area contributed by atoms with E-state index in [0.717, 1.165) is 38.2 Å². The van der Waals surface area contributed by atoms with Crippen LogP contribution in [-0.4, -0.2) is 52.6 Å². The molecule has 26 heavy (non-hydrogen) atoms. The van der Waals surface area contributed by atoms with E-state index in [9.17, 15) is 4.79 Å². The molecular formula is C21H25N3OS. The number of hydrogen-bond donors (Lipinski definition) is 0. The Hall–Kier alpha value is -1.85. The van der Waals surface area contributed by atoms with Crippen LogP contribution in [0.3, 0.4) is 0 Å². The number of nitrogens with zero attached hydrogens (tertiary/aromatic N) is 3. The highest BCUT2D eigenvalue weighted by molar-refractivity contribution is 7.98. The normalized spacial score (nSPS) is 23.0. The third-order valence-electron chi connectivity index (χ3n) is 5.52. The van der Waals surface area contributed by atoms with Crippen LogP contribution in [-0.2, 0) is 6.54 Å². The maximum Gasteiger partial charge on any atom is 0.254 e. The molecule has 3 aliphatic heterocycles. The van der Waals surface area contributed by atoms with Gasteiger partial charge in [0.15, 0.2) is 0 Å². The highest BCUT2D eigenvalue weighted by atomic mass is 32.2. The number of fused-ring (bicyclic) bond motifs is 4. The number of rotatable bonds is 4. The van der Waals surface area contributed by atoms with Crippen molar-refractivity contribution in [1.29, 1.82) is 0 Å². The summed E-state index contributed by atoms with van der Waals surface area (Å²) in [5.41, 5.74) is 2.06. The molecule has 136 valence electrons. The number of amides is 1. The number of carbonyl (C=O) groups excluding carboxylic acids is 1. The van der Waals surface area contributed by atoms with Crippen molar-refractivity contribution in [2.45, 2.75) is 30.3 Å². The van der Waals surface area contributed by atoms with E-state index in [-0.39, 0.29) is 5.91 Å². The Morgan fingerprint density at radius 1 is 1.15 bits per heavy atom. The minimum absolute atomic E-state index is 0.190. The molecule has 2 bridgehead atoms. The van der Waals surface area contributed by atoms with Crippen LogP contribution in [0.1, 0.15) is 28.8 Å². The molecule has 0 radical (unpaired) electrons. The van der Waals surface area contributed by atoms with E-state index in [2.05, 4.69) is 27.1 Å². The van der Waals surface area contributed by atoms with Crippen molar-refractivity contribution < 1.29 is 4.79 Å². The first kappa shape index (κ1) is 17.6. The van der Waals surface area contributed by atoms with Gasteiger partial charge in [0.2, 0.25) is 0 Å². The minimum atomic E-state index is 0.190. The summed E-state index contributed by atoms with van der Waals surface area (Å²) in [5, 5.41) is 0. The van der Waals surface area contributed by atoms with Gasteiger partial charge in [-0.25, -0.2) is 0 Å². The van der Waals surface area contributed by atoms with Crippen molar-refractivity contribution in [1.82, 2.24) is 14.8 Å². The monoisotopic (exact) mass is 367 g/mol. The van der Waals surface area contributed by atoms with Gasteiger partial charge in [-0.1, -0.05) is 6.07 Å². The standard InChI is InChI=1S/C21H25N3OS/c1-26-20-8-5-18(6-9-20)21(25)24-14-17-4-7-19(24)15-23(13-17)12-16-3-2-10-22-11-16/h2-3,5-6,8-11,17,19H,4,7,12-15H2,1H3/t17-,19+/m1/s1. The van der Waals surface area contributed by atoms with Gasteiger partial charge in [0.1, 0.15) is 0 Å². The molecule has 0 unspecified atom stereocenters. The Balaban J connectivity index is 1.48. The maximum atomic E-state index is 13.1. The summed E-state index contributed by atoms with van der Waals surface area (Å²) < 4.78 is 0. The molecule has 1 amide bonds. The lowest BCUT2D eigenvalue weighted by molar-refractivity contribution is 0.0585. The summed E-state index contributed by atoms with van der Waals surface area (Å²) in [6.07, 6.45) is 8.16. The Morgan fingerprint density at radius 3 is 2.73 bits per heavy atom. The van der Waals surface area contributed by atoms with Crippen molar-refractivity contribution in [2.75, 3.05) is 25.9 Å². The molecule has 1 aromatic heterocycles. The number of hydrogen-bond acceptors (Lipinski definition) is 4. The summed E-state index contributed by atoms with van der Waals surface area (Å²) in [4.78, 5) is 23.2. The molecular weight excluding hydrogens is 342 g/mol. The zero-order valence-corrected chi connectivity index (χ0v) is 16.0. The van der Waals surface area contributed by atoms with Crippen LogP contribution in [0, 0.1) is 5.92 Å². The van der Waals surface area contributed by atoms with Gasteiger partial charge in [0.25, 0.3) is 5.91 Å². The molecule has 0 aliphatic carbocycles. The van der Waals surface area contributed by atoms with Crippen LogP contribution in [0.5, 0.6) is 0 Å². The Morgan fingerprint density at radius 2 is 2.00 bits per heavy atom. The van der Waals surface area contributed by atoms with Crippen molar-refractivity contribution in [3.63, 3.8) is 0 Å². The van der Waals surface area contributed by atoms with E-state index in [1.165, 1.54) is 16.9 Å². The first-order valence-corrected chi connectivity index (χ1v) is 10.5. The highest BCUT2D eigenvalue weighted by Crippen LogP contribution is 2.30. The van der Waals surface area contributed by atoms with E-state index < -0.39 is 0 Å². The van der Waals surface area contributed by atoms with Gasteiger partial charge in [0, 0.05) is 55.1 Å². The predicted octanol–water partition coefficient (Wildman–Crippen LogP) is 3.54. The van der Waals surface area contributed by atoms with Crippen LogP contribution in [0.2, 0.25) is 0 Å². The highest BCUT2D eigenvalue weighted by Gasteiger charge is 2.37. The van der Waals surface area contributed by atoms with E-state index in [1.807, 2.05) is 42.7 Å². The molecule has 3 saturated heterocycles. The van der Waals surface area contributed by atoms with Crippen LogP contribution in [0.4, 0.5) is 0 Å². The molecule has 5 heteroatoms. The van der Waals surface area contributed by atoms with E-state index in [0.29, 0.717) is 12.0 Å². The van der Waals surface area contributed by atoms with Gasteiger partial charge in [-0.05, 0) is 60.9 Å². The molecule has 0 spiro atoms. The number of thioether (sulfide) groups is 1. The number of carbonyl (C=O) groups is 1. The third-order valence-corrected chi connectivity index (χ3v) is 6.26. The van der Waals surface area contributed by atoms with Crippen LogP contribution in [0.25, 0.3) is 0 Å². The van der Waals surface area contributed by atoms with Crippen LogP contribution >= 0.6 is 11.8 Å². The summed E-state index contributed by atoms with van der Waals surface area (Å²) in [5.74, 6) is 0.760. The summed E-state index contributed by atoms with van der Waals surface area (Å²) in [6.45, 7) is 3.84. The average molecular weight is 368 g/mol. The van der Waals surface area contributed by atoms with Crippen molar-refractivity contribution >= 4 is 17.7 Å². The smallest absolute Gasteiger partial charge is 0.254 e. The number of benzene rings is 1. The lowest BCUT2D eigenvalue weighted by Gasteiger charge is -2.36. The second-order valence-electron chi connectivity index (χ2n) is 7.34. The Bertz CT molecular complexity index is 750. The van der Waals surface area contributed by atoms with Crippen LogP contribution in [0.15, 0.2) is 53.7 Å². The first-order valence-electron chi connectivity index (χ1n) is 9.29. The van der Waals surface area contributed by atoms with Gasteiger partial charge in [-0.3, -0.25) is 14.7 Å². The Kier molecular flexibility index (Phi) is 5.27. The summed E-state index contributed by atoms with van der Waals surface area (Å²) >= 11 is 1.70. The van der Waals surface area contributed by atoms with Gasteiger partial charge in [-0.2, -0.15) is 0 Å².